The summed E-state index contributed by atoms with van der Waals surface area (Å²) in [5.41, 5.74) is 4.22. The first-order valence-electron chi connectivity index (χ1n) is 10.7. The predicted molar refractivity (Wildman–Crippen MR) is 127 cm³/mol. The van der Waals surface area contributed by atoms with Crippen LogP contribution in [0.2, 0.25) is 0 Å². The molecule has 5 rings (SSSR count). The van der Waals surface area contributed by atoms with Gasteiger partial charge < -0.3 is 9.09 Å². The summed E-state index contributed by atoms with van der Waals surface area (Å²) in [4.78, 5) is 12.7. The first kappa shape index (κ1) is 21.8. The maximum absolute atomic E-state index is 13.2. The zero-order chi connectivity index (χ0) is 23.7. The van der Waals surface area contributed by atoms with E-state index in [1.165, 1.54) is 0 Å². The Hall–Kier alpha value is -3.98. The number of aromatic nitrogens is 4. The van der Waals surface area contributed by atoms with Gasteiger partial charge in [-0.25, -0.2) is 8.42 Å². The molecule has 0 aliphatic heterocycles. The molecule has 0 aliphatic rings. The van der Waals surface area contributed by atoms with Crippen molar-refractivity contribution in [3.05, 3.63) is 90.2 Å². The summed E-state index contributed by atoms with van der Waals surface area (Å²) in [5, 5.41) is 11.2. The van der Waals surface area contributed by atoms with Crippen LogP contribution in [0, 0.1) is 6.92 Å². The lowest BCUT2D eigenvalue weighted by molar-refractivity contribution is -0.116. The highest BCUT2D eigenvalue weighted by Gasteiger charge is 2.25. The number of H-pyrrole nitrogens is 1. The van der Waals surface area contributed by atoms with Crippen molar-refractivity contribution < 1.29 is 17.7 Å². The highest BCUT2D eigenvalue weighted by atomic mass is 32.2. The molecule has 8 nitrogen and oxygen atoms in total. The maximum Gasteiger partial charge on any atom is 0.187 e. The summed E-state index contributed by atoms with van der Waals surface area (Å²) in [5.74, 6) is -0.452. The van der Waals surface area contributed by atoms with Gasteiger partial charge in [0.1, 0.15) is 11.5 Å². The Morgan fingerprint density at radius 3 is 2.71 bits per heavy atom. The first-order chi connectivity index (χ1) is 16.4. The van der Waals surface area contributed by atoms with Gasteiger partial charge in [-0.2, -0.15) is 5.10 Å². The summed E-state index contributed by atoms with van der Waals surface area (Å²) in [7, 11) is -3.86. The number of benzene rings is 2. The monoisotopic (exact) mass is 474 g/mol. The standard InChI is InChI=1S/C25H22N4O4S/c1-17-9-21(28-33-17)11-22(30)16-34(31,32)25-15-29(24-8-3-2-7-23(24)25)14-18-5-4-6-19(10-18)20-12-26-27-13-20/h2-10,12-13,15H,11,14,16H2,1H3,(H,26,27). The maximum atomic E-state index is 13.2. The second kappa shape index (κ2) is 8.75. The fourth-order valence-corrected chi connectivity index (χ4v) is 5.57. The second-order valence-electron chi connectivity index (χ2n) is 8.23. The number of nitrogens with zero attached hydrogens (tertiary/aromatic N) is 3. The van der Waals surface area contributed by atoms with Crippen LogP contribution in [-0.2, 0) is 27.6 Å². The molecule has 0 aliphatic carbocycles. The lowest BCUT2D eigenvalue weighted by Gasteiger charge is -2.07. The van der Waals surface area contributed by atoms with Gasteiger partial charge in [0.15, 0.2) is 15.6 Å². The normalized spacial score (nSPS) is 11.8. The molecule has 3 aromatic heterocycles. The number of ketones is 1. The molecular weight excluding hydrogens is 452 g/mol. The van der Waals surface area contributed by atoms with Gasteiger partial charge in [0.2, 0.25) is 0 Å². The van der Waals surface area contributed by atoms with Gasteiger partial charge in [0.25, 0.3) is 0 Å². The third kappa shape index (κ3) is 4.42. The number of hydrogen-bond acceptors (Lipinski definition) is 6. The Morgan fingerprint density at radius 2 is 1.94 bits per heavy atom. The lowest BCUT2D eigenvalue weighted by Crippen LogP contribution is -2.18. The van der Waals surface area contributed by atoms with Crippen LogP contribution < -0.4 is 0 Å². The van der Waals surface area contributed by atoms with E-state index in [2.05, 4.69) is 21.4 Å². The average Bonchev–Trinajstić information content (AvgIpc) is 3.55. The van der Waals surface area contributed by atoms with E-state index >= 15 is 0 Å². The third-order valence-corrected chi connectivity index (χ3v) is 7.30. The van der Waals surface area contributed by atoms with E-state index in [9.17, 15) is 13.2 Å². The van der Waals surface area contributed by atoms with Gasteiger partial charge in [-0.1, -0.05) is 41.6 Å². The number of sulfone groups is 1. The zero-order valence-electron chi connectivity index (χ0n) is 18.4. The van der Waals surface area contributed by atoms with Crippen molar-refractivity contribution in [1.29, 1.82) is 0 Å². The molecular formula is C25H22N4O4S. The Balaban J connectivity index is 1.44. The molecule has 172 valence electrons. The Labute approximate surface area is 196 Å². The van der Waals surface area contributed by atoms with Crippen LogP contribution in [0.3, 0.4) is 0 Å². The van der Waals surface area contributed by atoms with E-state index in [1.54, 1.807) is 37.5 Å². The molecule has 9 heteroatoms. The van der Waals surface area contributed by atoms with Crippen LogP contribution in [0.15, 0.2) is 82.6 Å². The van der Waals surface area contributed by atoms with Crippen LogP contribution in [0.25, 0.3) is 22.0 Å². The molecule has 0 saturated heterocycles. The van der Waals surface area contributed by atoms with Gasteiger partial charge in [-0.15, -0.1) is 0 Å². The molecule has 5 aromatic rings. The van der Waals surface area contributed by atoms with Gasteiger partial charge in [0.05, 0.1) is 23.2 Å². The summed E-state index contributed by atoms with van der Waals surface area (Å²) < 4.78 is 33.4. The fourth-order valence-electron chi connectivity index (χ4n) is 4.09. The van der Waals surface area contributed by atoms with Crippen molar-refractivity contribution in [2.45, 2.75) is 24.8 Å². The van der Waals surface area contributed by atoms with Gasteiger partial charge in [0, 0.05) is 41.5 Å². The minimum absolute atomic E-state index is 0.0873. The Bertz CT molecular complexity index is 1580. The van der Waals surface area contributed by atoms with E-state index in [0.717, 1.165) is 22.2 Å². The molecule has 34 heavy (non-hydrogen) atoms. The molecule has 3 heterocycles. The number of rotatable bonds is 8. The highest BCUT2D eigenvalue weighted by molar-refractivity contribution is 7.92. The molecule has 0 atom stereocenters. The molecule has 2 aromatic carbocycles. The van der Waals surface area contributed by atoms with Crippen molar-refractivity contribution >= 4 is 26.5 Å². The molecule has 1 N–H and O–H groups in total. The van der Waals surface area contributed by atoms with Gasteiger partial charge in [-0.05, 0) is 30.2 Å². The fraction of sp³-hybridized carbons (Fsp3) is 0.160. The molecule has 0 radical (unpaired) electrons. The predicted octanol–water partition coefficient (Wildman–Crippen LogP) is 3.96. The average molecular weight is 475 g/mol. The number of Topliss-reactive ketones (excluding diaryl/α,β-unsaturated/α-hetero) is 1. The Morgan fingerprint density at radius 1 is 1.09 bits per heavy atom. The highest BCUT2D eigenvalue weighted by Crippen LogP contribution is 2.28. The van der Waals surface area contributed by atoms with Crippen LogP contribution >= 0.6 is 0 Å². The minimum atomic E-state index is -3.86. The first-order valence-corrected chi connectivity index (χ1v) is 12.4. The molecule has 0 amide bonds. The van der Waals surface area contributed by atoms with E-state index in [0.29, 0.717) is 23.4 Å². The summed E-state index contributed by atoms with van der Waals surface area (Å²) in [6.45, 7) is 2.20. The van der Waals surface area contributed by atoms with Crippen molar-refractivity contribution in [1.82, 2.24) is 19.9 Å². The zero-order valence-corrected chi connectivity index (χ0v) is 19.2. The van der Waals surface area contributed by atoms with Crippen molar-refractivity contribution in [3.63, 3.8) is 0 Å². The van der Waals surface area contributed by atoms with Gasteiger partial charge >= 0.3 is 0 Å². The van der Waals surface area contributed by atoms with E-state index < -0.39 is 21.4 Å². The van der Waals surface area contributed by atoms with Crippen LogP contribution in [0.5, 0.6) is 0 Å². The molecule has 0 unspecified atom stereocenters. The summed E-state index contributed by atoms with van der Waals surface area (Å²) >= 11 is 0. The number of para-hydroxylation sites is 1. The second-order valence-corrected chi connectivity index (χ2v) is 10.2. The quantitative estimate of drug-likeness (QED) is 0.364. The van der Waals surface area contributed by atoms with Crippen molar-refractivity contribution in [2.24, 2.45) is 0 Å². The molecule has 0 fully saturated rings. The number of fused-ring (bicyclic) bond motifs is 1. The number of aromatic amines is 1. The summed E-state index contributed by atoms with van der Waals surface area (Å²) in [6, 6.07) is 17.0. The molecule has 0 spiro atoms. The summed E-state index contributed by atoms with van der Waals surface area (Å²) in [6.07, 6.45) is 5.12. The van der Waals surface area contributed by atoms with E-state index in [-0.39, 0.29) is 11.3 Å². The largest absolute Gasteiger partial charge is 0.361 e. The minimum Gasteiger partial charge on any atom is -0.361 e. The van der Waals surface area contributed by atoms with Crippen LogP contribution in [-0.4, -0.2) is 39.9 Å². The lowest BCUT2D eigenvalue weighted by atomic mass is 10.1. The van der Waals surface area contributed by atoms with Crippen LogP contribution in [0.1, 0.15) is 17.0 Å². The number of nitrogens with one attached hydrogen (secondary N) is 1. The van der Waals surface area contributed by atoms with E-state index in [4.69, 9.17) is 4.52 Å². The molecule has 0 bridgehead atoms. The number of carbonyl (C=O) groups is 1. The smallest absolute Gasteiger partial charge is 0.187 e. The third-order valence-electron chi connectivity index (χ3n) is 5.60. The van der Waals surface area contributed by atoms with Gasteiger partial charge in [-0.3, -0.25) is 9.89 Å². The number of carbonyl (C=O) groups excluding carboxylic acids is 1. The van der Waals surface area contributed by atoms with Crippen molar-refractivity contribution in [2.75, 3.05) is 5.75 Å². The van der Waals surface area contributed by atoms with Crippen LogP contribution in [0.4, 0.5) is 0 Å². The number of aryl methyl sites for hydroxylation is 1. The number of hydrogen-bond donors (Lipinski definition) is 1. The van der Waals surface area contributed by atoms with E-state index in [1.807, 2.05) is 41.1 Å². The Kier molecular flexibility index (Phi) is 5.62. The SMILES string of the molecule is Cc1cc(CC(=O)CS(=O)(=O)c2cn(Cc3cccc(-c4cn[nH]c4)c3)c3ccccc23)no1. The molecule has 0 saturated carbocycles. The van der Waals surface area contributed by atoms with Crippen molar-refractivity contribution in [3.8, 4) is 11.1 Å². The topological polar surface area (TPSA) is 111 Å².